The second-order valence-electron chi connectivity index (χ2n) is 6.88. The van der Waals surface area contributed by atoms with Crippen LogP contribution in [0.3, 0.4) is 0 Å². The molecule has 0 radical (unpaired) electrons. The summed E-state index contributed by atoms with van der Waals surface area (Å²) in [5.41, 5.74) is 2.25. The number of piperidine rings is 1. The van der Waals surface area contributed by atoms with Gasteiger partial charge in [0.15, 0.2) is 0 Å². The average Bonchev–Trinajstić information content (AvgIpc) is 3.17. The minimum absolute atomic E-state index is 0.0469. The topological polar surface area (TPSA) is 70.2 Å². The summed E-state index contributed by atoms with van der Waals surface area (Å²) in [6.45, 7) is 2.97. The molecule has 1 aromatic heterocycles. The highest BCUT2D eigenvalue weighted by Gasteiger charge is 2.26. The number of aromatic nitrogens is 2. The molecule has 0 unspecified atom stereocenters. The van der Waals surface area contributed by atoms with Crippen LogP contribution in [0.1, 0.15) is 42.5 Å². The Bertz CT molecular complexity index is 716. The van der Waals surface area contributed by atoms with Crippen molar-refractivity contribution in [1.29, 1.82) is 0 Å². The zero-order valence-electron chi connectivity index (χ0n) is 14.3. The van der Waals surface area contributed by atoms with E-state index in [0.29, 0.717) is 19.1 Å². The Kier molecular flexibility index (Phi) is 4.70. The van der Waals surface area contributed by atoms with E-state index in [4.69, 9.17) is 4.74 Å². The molecule has 0 spiro atoms. The molecule has 2 atom stereocenters. The van der Waals surface area contributed by atoms with Gasteiger partial charge in [0, 0.05) is 36.3 Å². The first-order chi connectivity index (χ1) is 12.3. The molecule has 1 fully saturated rings. The number of para-hydroxylation sites is 1. The lowest BCUT2D eigenvalue weighted by molar-refractivity contribution is -0.123. The maximum absolute atomic E-state index is 12.6. The molecule has 3 heterocycles. The molecule has 6 nitrogen and oxygen atoms in total. The Labute approximate surface area is 147 Å². The minimum atomic E-state index is 0.0469. The van der Waals surface area contributed by atoms with Crippen LogP contribution < -0.4 is 10.1 Å². The van der Waals surface area contributed by atoms with E-state index < -0.39 is 0 Å². The van der Waals surface area contributed by atoms with E-state index in [-0.39, 0.29) is 11.9 Å². The van der Waals surface area contributed by atoms with Gasteiger partial charge in [0.25, 0.3) is 0 Å². The maximum atomic E-state index is 12.6. The molecule has 6 heteroatoms. The standard InChI is InChI=1S/C19H24N4O2/c24-19(21-17-8-11-25-18-6-2-1-5-15(17)18)13-23-10-3-4-14(12-23)16-7-9-20-22-16/h1-2,5-7,9,14,17H,3-4,8,10-13H2,(H,20,22)(H,21,24)/t14-,17+/m1/s1. The summed E-state index contributed by atoms with van der Waals surface area (Å²) in [4.78, 5) is 14.8. The normalized spacial score (nSPS) is 23.5. The lowest BCUT2D eigenvalue weighted by Gasteiger charge is -2.32. The Morgan fingerprint density at radius 1 is 1.32 bits per heavy atom. The number of hydrogen-bond donors (Lipinski definition) is 2. The van der Waals surface area contributed by atoms with Gasteiger partial charge in [0.05, 0.1) is 19.2 Å². The molecule has 4 rings (SSSR count). The predicted molar refractivity (Wildman–Crippen MR) is 94.4 cm³/mol. The number of benzene rings is 1. The van der Waals surface area contributed by atoms with Crippen LogP contribution in [0.15, 0.2) is 36.5 Å². The number of fused-ring (bicyclic) bond motifs is 1. The highest BCUT2D eigenvalue weighted by Crippen LogP contribution is 2.31. The molecule has 2 aliphatic rings. The van der Waals surface area contributed by atoms with Crippen molar-refractivity contribution >= 4 is 5.91 Å². The largest absolute Gasteiger partial charge is 0.493 e. The molecular weight excluding hydrogens is 316 g/mol. The summed E-state index contributed by atoms with van der Waals surface area (Å²) in [5, 5.41) is 10.3. The van der Waals surface area contributed by atoms with Crippen molar-refractivity contribution < 1.29 is 9.53 Å². The van der Waals surface area contributed by atoms with Gasteiger partial charge in [-0.05, 0) is 31.5 Å². The third-order valence-corrected chi connectivity index (χ3v) is 5.13. The molecular formula is C19H24N4O2. The van der Waals surface area contributed by atoms with E-state index in [2.05, 4.69) is 20.4 Å². The number of likely N-dealkylation sites (tertiary alicyclic amines) is 1. The van der Waals surface area contributed by atoms with Crippen molar-refractivity contribution in [1.82, 2.24) is 20.4 Å². The van der Waals surface area contributed by atoms with Crippen molar-refractivity contribution in [2.75, 3.05) is 26.2 Å². The summed E-state index contributed by atoms with van der Waals surface area (Å²) in [6.07, 6.45) is 4.87. The molecule has 1 aromatic carbocycles. The molecule has 1 amide bonds. The highest BCUT2D eigenvalue weighted by atomic mass is 16.5. The number of aromatic amines is 1. The van der Waals surface area contributed by atoms with Crippen molar-refractivity contribution in [3.63, 3.8) is 0 Å². The first-order valence-electron chi connectivity index (χ1n) is 9.02. The van der Waals surface area contributed by atoms with Crippen LogP contribution in [0.25, 0.3) is 0 Å². The van der Waals surface area contributed by atoms with Gasteiger partial charge in [0.1, 0.15) is 5.75 Å². The second-order valence-corrected chi connectivity index (χ2v) is 6.88. The van der Waals surface area contributed by atoms with E-state index >= 15 is 0 Å². The van der Waals surface area contributed by atoms with Gasteiger partial charge in [-0.1, -0.05) is 18.2 Å². The van der Waals surface area contributed by atoms with Crippen LogP contribution in [-0.2, 0) is 4.79 Å². The summed E-state index contributed by atoms with van der Waals surface area (Å²) in [7, 11) is 0. The quantitative estimate of drug-likeness (QED) is 0.895. The summed E-state index contributed by atoms with van der Waals surface area (Å²) >= 11 is 0. The van der Waals surface area contributed by atoms with E-state index in [0.717, 1.165) is 43.7 Å². The maximum Gasteiger partial charge on any atom is 0.234 e. The number of hydrogen-bond acceptors (Lipinski definition) is 4. The van der Waals surface area contributed by atoms with Crippen LogP contribution >= 0.6 is 0 Å². The Hall–Kier alpha value is -2.34. The number of ether oxygens (including phenoxy) is 1. The number of nitrogens with one attached hydrogen (secondary N) is 2. The van der Waals surface area contributed by atoms with E-state index in [1.165, 1.54) is 5.69 Å². The molecule has 0 aliphatic carbocycles. The van der Waals surface area contributed by atoms with Crippen LogP contribution in [0.4, 0.5) is 0 Å². The molecule has 0 saturated carbocycles. The van der Waals surface area contributed by atoms with Gasteiger partial charge in [-0.2, -0.15) is 5.10 Å². The summed E-state index contributed by atoms with van der Waals surface area (Å²) < 4.78 is 5.67. The lowest BCUT2D eigenvalue weighted by atomic mass is 9.95. The van der Waals surface area contributed by atoms with Crippen LogP contribution in [-0.4, -0.2) is 47.2 Å². The number of H-pyrrole nitrogens is 1. The van der Waals surface area contributed by atoms with Gasteiger partial charge in [-0.3, -0.25) is 14.8 Å². The lowest BCUT2D eigenvalue weighted by Crippen LogP contribution is -2.43. The fraction of sp³-hybridized carbons (Fsp3) is 0.474. The van der Waals surface area contributed by atoms with Gasteiger partial charge < -0.3 is 10.1 Å². The molecule has 1 saturated heterocycles. The van der Waals surface area contributed by atoms with E-state index in [9.17, 15) is 4.79 Å². The number of carbonyl (C=O) groups excluding carboxylic acids is 1. The second kappa shape index (κ2) is 7.27. The zero-order chi connectivity index (χ0) is 17.1. The first kappa shape index (κ1) is 16.1. The van der Waals surface area contributed by atoms with Crippen molar-refractivity contribution in [2.45, 2.75) is 31.2 Å². The molecule has 2 N–H and O–H groups in total. The summed E-state index contributed by atoms with van der Waals surface area (Å²) in [5.74, 6) is 1.41. The van der Waals surface area contributed by atoms with Gasteiger partial charge in [-0.15, -0.1) is 0 Å². The van der Waals surface area contributed by atoms with Crippen molar-refractivity contribution in [3.05, 3.63) is 47.8 Å². The first-order valence-corrected chi connectivity index (χ1v) is 9.02. The number of amides is 1. The smallest absolute Gasteiger partial charge is 0.234 e. The van der Waals surface area contributed by atoms with E-state index in [1.807, 2.05) is 30.3 Å². The number of carbonyl (C=O) groups is 1. The molecule has 0 bridgehead atoms. The Balaban J connectivity index is 1.35. The monoisotopic (exact) mass is 340 g/mol. The van der Waals surface area contributed by atoms with Gasteiger partial charge in [-0.25, -0.2) is 0 Å². The number of rotatable bonds is 4. The van der Waals surface area contributed by atoms with Crippen LogP contribution in [0.2, 0.25) is 0 Å². The molecule has 2 aromatic rings. The van der Waals surface area contributed by atoms with Gasteiger partial charge in [0.2, 0.25) is 5.91 Å². The third-order valence-electron chi connectivity index (χ3n) is 5.13. The van der Waals surface area contributed by atoms with E-state index in [1.54, 1.807) is 6.20 Å². The Morgan fingerprint density at radius 2 is 2.24 bits per heavy atom. The fourth-order valence-corrected chi connectivity index (χ4v) is 3.88. The van der Waals surface area contributed by atoms with Crippen LogP contribution in [0, 0.1) is 0 Å². The van der Waals surface area contributed by atoms with Gasteiger partial charge >= 0.3 is 0 Å². The SMILES string of the molecule is O=C(CN1CCC[C@@H](c2ccn[nH]2)C1)N[C@H]1CCOc2ccccc21. The van der Waals surface area contributed by atoms with Crippen molar-refractivity contribution in [2.24, 2.45) is 0 Å². The fourth-order valence-electron chi connectivity index (χ4n) is 3.88. The van der Waals surface area contributed by atoms with Crippen LogP contribution in [0.5, 0.6) is 5.75 Å². The predicted octanol–water partition coefficient (Wildman–Crippen LogP) is 2.23. The highest BCUT2D eigenvalue weighted by molar-refractivity contribution is 5.78. The average molecular weight is 340 g/mol. The molecule has 25 heavy (non-hydrogen) atoms. The minimum Gasteiger partial charge on any atom is -0.493 e. The van der Waals surface area contributed by atoms with Crippen molar-refractivity contribution in [3.8, 4) is 5.75 Å². The molecule has 132 valence electrons. The zero-order valence-corrected chi connectivity index (χ0v) is 14.3. The molecule has 2 aliphatic heterocycles. The Morgan fingerprint density at radius 3 is 3.12 bits per heavy atom. The summed E-state index contributed by atoms with van der Waals surface area (Å²) in [6, 6.07) is 10.0. The third kappa shape index (κ3) is 3.69. The number of nitrogens with zero attached hydrogens (tertiary/aromatic N) is 2.